The van der Waals surface area contributed by atoms with Crippen molar-refractivity contribution < 1.29 is 8.42 Å². The molecule has 22 heavy (non-hydrogen) atoms. The number of aromatic nitrogens is 2. The van der Waals surface area contributed by atoms with Crippen molar-refractivity contribution in [3.05, 3.63) is 12.3 Å². The second kappa shape index (κ2) is 6.86. The molecule has 0 aromatic carbocycles. The van der Waals surface area contributed by atoms with Gasteiger partial charge in [-0.15, -0.1) is 0 Å². The van der Waals surface area contributed by atoms with Crippen LogP contribution in [-0.2, 0) is 10.0 Å². The van der Waals surface area contributed by atoms with Gasteiger partial charge in [-0.3, -0.25) is 0 Å². The highest BCUT2D eigenvalue weighted by atomic mass is 32.2. The summed E-state index contributed by atoms with van der Waals surface area (Å²) in [5.74, 6) is 0.392. The van der Waals surface area contributed by atoms with Crippen LogP contribution in [-0.4, -0.2) is 68.0 Å². The largest absolute Gasteiger partial charge is 0.351 e. The summed E-state index contributed by atoms with van der Waals surface area (Å²) in [6, 6.07) is 1.75. The summed E-state index contributed by atoms with van der Waals surface area (Å²) in [5, 5.41) is 9.75. The van der Waals surface area contributed by atoms with E-state index < -0.39 is 10.0 Å². The first-order valence-corrected chi connectivity index (χ1v) is 9.11. The second-order valence-electron chi connectivity index (χ2n) is 5.54. The van der Waals surface area contributed by atoms with Gasteiger partial charge in [-0.05, 0) is 32.0 Å². The lowest BCUT2D eigenvalue weighted by molar-refractivity contribution is 0.359. The van der Waals surface area contributed by atoms with Gasteiger partial charge in [0.1, 0.15) is 0 Å². The number of sulfonamides is 1. The Labute approximate surface area is 130 Å². The summed E-state index contributed by atoms with van der Waals surface area (Å²) in [6.45, 7) is 4.20. The van der Waals surface area contributed by atoms with Gasteiger partial charge in [0, 0.05) is 38.4 Å². The SMILES string of the molecule is O=S(=O)(c1ccnc(NC2CCNCC2)n1)N1CCNCC1. The fourth-order valence-corrected chi connectivity index (χ4v) is 4.08. The van der Waals surface area contributed by atoms with E-state index in [4.69, 9.17) is 0 Å². The first-order chi connectivity index (χ1) is 10.7. The Bertz CT molecular complexity index is 596. The van der Waals surface area contributed by atoms with Crippen molar-refractivity contribution in [2.24, 2.45) is 0 Å². The third-order valence-corrected chi connectivity index (χ3v) is 5.78. The molecule has 0 atom stereocenters. The van der Waals surface area contributed by atoms with Crippen LogP contribution < -0.4 is 16.0 Å². The fourth-order valence-electron chi connectivity index (χ4n) is 2.72. The van der Waals surface area contributed by atoms with Gasteiger partial charge in [0.25, 0.3) is 10.0 Å². The average Bonchev–Trinajstić information content (AvgIpc) is 2.57. The molecule has 2 fully saturated rings. The van der Waals surface area contributed by atoms with Crippen LogP contribution in [0.5, 0.6) is 0 Å². The van der Waals surface area contributed by atoms with E-state index in [0.717, 1.165) is 25.9 Å². The number of anilines is 1. The lowest BCUT2D eigenvalue weighted by Gasteiger charge is -2.26. The maximum Gasteiger partial charge on any atom is 0.260 e. The predicted molar refractivity (Wildman–Crippen MR) is 83.2 cm³/mol. The van der Waals surface area contributed by atoms with Crippen LogP contribution in [0.2, 0.25) is 0 Å². The zero-order chi connectivity index (χ0) is 15.4. The number of hydrogen-bond donors (Lipinski definition) is 3. The molecule has 2 aliphatic rings. The van der Waals surface area contributed by atoms with E-state index in [2.05, 4.69) is 25.9 Å². The molecule has 0 aliphatic carbocycles. The highest BCUT2D eigenvalue weighted by Gasteiger charge is 2.27. The quantitative estimate of drug-likeness (QED) is 0.625. The lowest BCUT2D eigenvalue weighted by atomic mass is 10.1. The highest BCUT2D eigenvalue weighted by Crippen LogP contribution is 2.16. The van der Waals surface area contributed by atoms with Crippen molar-refractivity contribution in [2.75, 3.05) is 44.6 Å². The molecule has 3 rings (SSSR count). The molecule has 0 radical (unpaired) electrons. The number of piperidine rings is 1. The minimum Gasteiger partial charge on any atom is -0.351 e. The van der Waals surface area contributed by atoms with E-state index in [-0.39, 0.29) is 5.03 Å². The molecule has 1 aromatic rings. The molecule has 1 aromatic heterocycles. The third kappa shape index (κ3) is 3.54. The molecule has 0 spiro atoms. The van der Waals surface area contributed by atoms with E-state index in [0.29, 0.717) is 38.2 Å². The number of rotatable bonds is 4. The first kappa shape index (κ1) is 15.6. The molecular formula is C13H22N6O2S. The van der Waals surface area contributed by atoms with Gasteiger partial charge in [-0.2, -0.15) is 9.29 Å². The Morgan fingerprint density at radius 1 is 1.14 bits per heavy atom. The summed E-state index contributed by atoms with van der Waals surface area (Å²) in [7, 11) is -3.54. The minimum absolute atomic E-state index is 0.0702. The van der Waals surface area contributed by atoms with Crippen LogP contribution >= 0.6 is 0 Å². The van der Waals surface area contributed by atoms with E-state index in [1.165, 1.54) is 16.6 Å². The van der Waals surface area contributed by atoms with Crippen molar-refractivity contribution in [1.29, 1.82) is 0 Å². The fraction of sp³-hybridized carbons (Fsp3) is 0.692. The summed E-state index contributed by atoms with van der Waals surface area (Å²) >= 11 is 0. The van der Waals surface area contributed by atoms with Gasteiger partial charge in [-0.25, -0.2) is 13.4 Å². The van der Waals surface area contributed by atoms with Crippen LogP contribution in [0.3, 0.4) is 0 Å². The normalized spacial score (nSPS) is 21.6. The number of nitrogens with zero attached hydrogens (tertiary/aromatic N) is 3. The van der Waals surface area contributed by atoms with Crippen molar-refractivity contribution in [1.82, 2.24) is 24.9 Å². The lowest BCUT2D eigenvalue weighted by Crippen LogP contribution is -2.46. The van der Waals surface area contributed by atoms with E-state index in [1.54, 1.807) is 0 Å². The van der Waals surface area contributed by atoms with E-state index in [9.17, 15) is 8.42 Å². The molecule has 0 unspecified atom stereocenters. The molecule has 0 bridgehead atoms. The van der Waals surface area contributed by atoms with E-state index >= 15 is 0 Å². The Kier molecular flexibility index (Phi) is 4.87. The van der Waals surface area contributed by atoms with Crippen LogP contribution in [0.1, 0.15) is 12.8 Å². The molecule has 2 aliphatic heterocycles. The molecule has 2 saturated heterocycles. The monoisotopic (exact) mass is 326 g/mol. The summed E-state index contributed by atoms with van der Waals surface area (Å²) in [5.41, 5.74) is 0. The first-order valence-electron chi connectivity index (χ1n) is 7.67. The molecule has 3 heterocycles. The molecule has 8 nitrogen and oxygen atoms in total. The molecule has 0 saturated carbocycles. The van der Waals surface area contributed by atoms with Crippen molar-refractivity contribution in [2.45, 2.75) is 23.9 Å². The van der Waals surface area contributed by atoms with Crippen LogP contribution in [0.15, 0.2) is 17.3 Å². The van der Waals surface area contributed by atoms with Gasteiger partial charge in [-0.1, -0.05) is 0 Å². The predicted octanol–water partition coefficient (Wildman–Crippen LogP) is -0.766. The number of piperazine rings is 1. The van der Waals surface area contributed by atoms with Crippen molar-refractivity contribution in [3.63, 3.8) is 0 Å². The maximum atomic E-state index is 12.6. The topological polar surface area (TPSA) is 99.2 Å². The van der Waals surface area contributed by atoms with Gasteiger partial charge in [0.2, 0.25) is 5.95 Å². The summed E-state index contributed by atoms with van der Waals surface area (Å²) < 4.78 is 26.7. The third-order valence-electron chi connectivity index (χ3n) is 3.98. The Morgan fingerprint density at radius 3 is 2.55 bits per heavy atom. The van der Waals surface area contributed by atoms with Crippen LogP contribution in [0.4, 0.5) is 5.95 Å². The molecule has 122 valence electrons. The molecule has 9 heteroatoms. The number of hydrogen-bond acceptors (Lipinski definition) is 7. The highest BCUT2D eigenvalue weighted by molar-refractivity contribution is 7.89. The summed E-state index contributed by atoms with van der Waals surface area (Å²) in [6.07, 6.45) is 3.47. The van der Waals surface area contributed by atoms with E-state index in [1.807, 2.05) is 0 Å². The molecular weight excluding hydrogens is 304 g/mol. The second-order valence-corrected chi connectivity index (χ2v) is 7.43. The van der Waals surface area contributed by atoms with Gasteiger partial charge >= 0.3 is 0 Å². The molecule has 0 amide bonds. The Hall–Kier alpha value is -1.29. The zero-order valence-corrected chi connectivity index (χ0v) is 13.3. The summed E-state index contributed by atoms with van der Waals surface area (Å²) in [4.78, 5) is 8.38. The van der Waals surface area contributed by atoms with Gasteiger partial charge in [0.15, 0.2) is 5.03 Å². The minimum atomic E-state index is -3.54. The van der Waals surface area contributed by atoms with Crippen molar-refractivity contribution >= 4 is 16.0 Å². The maximum absolute atomic E-state index is 12.6. The average molecular weight is 326 g/mol. The van der Waals surface area contributed by atoms with Gasteiger partial charge < -0.3 is 16.0 Å². The van der Waals surface area contributed by atoms with Crippen LogP contribution in [0.25, 0.3) is 0 Å². The molecule has 3 N–H and O–H groups in total. The Balaban J connectivity index is 1.74. The van der Waals surface area contributed by atoms with Crippen molar-refractivity contribution in [3.8, 4) is 0 Å². The number of nitrogens with one attached hydrogen (secondary N) is 3. The zero-order valence-electron chi connectivity index (χ0n) is 12.5. The standard InChI is InChI=1S/C13H22N6O2S/c20-22(21,19-9-7-15-8-10-19)12-3-6-16-13(18-12)17-11-1-4-14-5-2-11/h3,6,11,14-15H,1-2,4-5,7-10H2,(H,16,17,18). The van der Waals surface area contributed by atoms with Crippen LogP contribution in [0, 0.1) is 0 Å². The smallest absolute Gasteiger partial charge is 0.260 e. The van der Waals surface area contributed by atoms with Gasteiger partial charge in [0.05, 0.1) is 0 Å². The Morgan fingerprint density at radius 2 is 1.82 bits per heavy atom.